The van der Waals surface area contributed by atoms with Gasteiger partial charge in [-0.2, -0.15) is 4.98 Å². The van der Waals surface area contributed by atoms with Crippen LogP contribution in [0.25, 0.3) is 23.2 Å². The van der Waals surface area contributed by atoms with Crippen LogP contribution in [0.15, 0.2) is 62.1 Å². The molecular weight excluding hydrogens is 642 g/mol. The van der Waals surface area contributed by atoms with Gasteiger partial charge in [-0.1, -0.05) is 70.1 Å². The normalized spacial score (nSPS) is 22.8. The van der Waals surface area contributed by atoms with Crippen LogP contribution in [-0.2, 0) is 21.4 Å². The van der Waals surface area contributed by atoms with Gasteiger partial charge in [0.15, 0.2) is 29.2 Å². The van der Waals surface area contributed by atoms with Gasteiger partial charge in [0, 0.05) is 17.7 Å². The first kappa shape index (κ1) is 31.7. The van der Waals surface area contributed by atoms with Gasteiger partial charge in [-0.05, 0) is 41.5 Å². The lowest BCUT2D eigenvalue weighted by atomic mass is 9.72. The molecule has 0 radical (unpaired) electrons. The predicted octanol–water partition coefficient (Wildman–Crippen LogP) is 4.43. The summed E-state index contributed by atoms with van der Waals surface area (Å²) >= 11 is 0. The second-order valence-corrected chi connectivity index (χ2v) is 14.5. The summed E-state index contributed by atoms with van der Waals surface area (Å²) < 4.78 is 24.9. The maximum Gasteiger partial charge on any atom is 0.279 e. The lowest BCUT2D eigenvalue weighted by molar-refractivity contribution is -0.136. The van der Waals surface area contributed by atoms with Crippen molar-refractivity contribution in [3.05, 3.63) is 82.9 Å². The van der Waals surface area contributed by atoms with Crippen molar-refractivity contribution < 1.29 is 32.8 Å². The lowest BCUT2D eigenvalue weighted by Crippen LogP contribution is -2.53. The molecule has 6 heterocycles. The number of aryl methyl sites for hydroxylation is 1. The number of aliphatic hydroxyl groups excluding tert-OH is 1. The van der Waals surface area contributed by atoms with Crippen molar-refractivity contribution in [2.45, 2.75) is 77.8 Å². The van der Waals surface area contributed by atoms with Gasteiger partial charge < -0.3 is 39.2 Å². The number of fused-ring (bicyclic) bond motifs is 4. The molecule has 50 heavy (non-hydrogen) atoms. The maximum absolute atomic E-state index is 14.2. The van der Waals surface area contributed by atoms with Crippen LogP contribution in [-0.4, -0.2) is 55.4 Å². The standard InChI is InChI=1S/C36H37N7O7/c1-16(2)26(44)30(46)38-22-14-18-11-12-24-20(13-18)36(19-9-7-8-10-21(19)40-34(36)48-24)28-25(32-39-23(15-47-32)31-37-17(3)43-50-31)41-33(49-28)27(35(4,5)6)42-29(22)45/h7-13,15-16,22,26-27,34,40,44H,14H2,1-6H3,(H,38,46)(H,42,45)/t22-,26-,27+,34+,36?/m0/s1. The minimum absolute atomic E-state index is 0.143. The Morgan fingerprint density at radius 3 is 2.60 bits per heavy atom. The molecule has 5 aromatic rings. The van der Waals surface area contributed by atoms with E-state index in [1.807, 2.05) is 63.2 Å². The van der Waals surface area contributed by atoms with Gasteiger partial charge in [0.2, 0.25) is 23.6 Å². The topological polar surface area (TPSA) is 191 Å². The molecule has 14 heteroatoms. The maximum atomic E-state index is 14.2. The lowest BCUT2D eigenvalue weighted by Gasteiger charge is -2.32. The van der Waals surface area contributed by atoms with E-state index >= 15 is 0 Å². The number of carbonyl (C=O) groups excluding carboxylic acids is 2. The minimum atomic E-state index is -1.29. The summed E-state index contributed by atoms with van der Waals surface area (Å²) in [5.74, 6) is 0.571. The highest BCUT2D eigenvalue weighted by molar-refractivity contribution is 5.90. The molecule has 2 amide bonds. The Bertz CT molecular complexity index is 2140. The van der Waals surface area contributed by atoms with E-state index in [4.69, 9.17) is 28.1 Å². The third kappa shape index (κ3) is 4.88. The SMILES string of the molecule is Cc1noc(-c2coc(-c3nc4oc3C35c6ccccc6N[C@@H]3Oc3ccc(cc35)C[C@H](NC(=O)[C@@H](O)C(C)C)C(=O)N[C@H]4C(C)(C)C)n2)n1. The number of carbonyl (C=O) groups is 2. The molecule has 14 nitrogen and oxygen atoms in total. The number of nitrogens with one attached hydrogen (secondary N) is 3. The molecule has 3 aromatic heterocycles. The van der Waals surface area contributed by atoms with Crippen molar-refractivity contribution in [1.29, 1.82) is 0 Å². The number of nitrogens with zero attached hydrogens (tertiary/aromatic N) is 4. The molecule has 0 saturated carbocycles. The highest BCUT2D eigenvalue weighted by Gasteiger charge is 2.61. The van der Waals surface area contributed by atoms with E-state index in [-0.39, 0.29) is 30.0 Å². The zero-order valence-electron chi connectivity index (χ0n) is 28.4. The molecule has 1 spiro atoms. The monoisotopic (exact) mass is 679 g/mol. The third-order valence-corrected chi connectivity index (χ3v) is 9.57. The molecule has 4 bridgehead atoms. The molecular formula is C36H37N7O7. The fourth-order valence-corrected chi connectivity index (χ4v) is 7.00. The Morgan fingerprint density at radius 2 is 1.86 bits per heavy atom. The van der Waals surface area contributed by atoms with Crippen molar-refractivity contribution in [2.24, 2.45) is 11.3 Å². The summed E-state index contributed by atoms with van der Waals surface area (Å²) in [5.41, 5.74) is 2.22. The second kappa shape index (κ2) is 11.3. The Kier molecular flexibility index (Phi) is 7.16. The first-order valence-corrected chi connectivity index (χ1v) is 16.6. The summed E-state index contributed by atoms with van der Waals surface area (Å²) in [6, 6.07) is 11.8. The summed E-state index contributed by atoms with van der Waals surface area (Å²) in [5, 5.41) is 23.9. The van der Waals surface area contributed by atoms with E-state index < -0.39 is 47.1 Å². The van der Waals surface area contributed by atoms with Gasteiger partial charge in [0.05, 0.1) is 0 Å². The van der Waals surface area contributed by atoms with Crippen LogP contribution < -0.4 is 20.7 Å². The van der Waals surface area contributed by atoms with Gasteiger partial charge in [0.25, 0.3) is 5.89 Å². The first-order valence-electron chi connectivity index (χ1n) is 16.6. The van der Waals surface area contributed by atoms with E-state index in [2.05, 4.69) is 26.1 Å². The molecule has 3 aliphatic rings. The fourth-order valence-electron chi connectivity index (χ4n) is 7.00. The molecule has 0 aliphatic carbocycles. The molecule has 8 rings (SSSR count). The summed E-state index contributed by atoms with van der Waals surface area (Å²) in [4.78, 5) is 41.4. The van der Waals surface area contributed by atoms with Crippen LogP contribution >= 0.6 is 0 Å². The van der Waals surface area contributed by atoms with Crippen molar-refractivity contribution in [2.75, 3.05) is 5.32 Å². The first-order chi connectivity index (χ1) is 23.8. The average Bonchev–Trinajstić information content (AvgIpc) is 3.89. The highest BCUT2D eigenvalue weighted by Crippen LogP contribution is 2.59. The number of rotatable bonds is 5. The van der Waals surface area contributed by atoms with E-state index in [1.165, 1.54) is 6.26 Å². The van der Waals surface area contributed by atoms with Gasteiger partial charge >= 0.3 is 0 Å². The quantitative estimate of drug-likeness (QED) is 0.205. The number of aliphatic hydroxyl groups is 1. The van der Waals surface area contributed by atoms with Crippen LogP contribution in [0.4, 0.5) is 5.69 Å². The van der Waals surface area contributed by atoms with E-state index in [1.54, 1.807) is 20.8 Å². The number of amides is 2. The number of benzene rings is 2. The number of hydrogen-bond acceptors (Lipinski definition) is 12. The largest absolute Gasteiger partial charge is 0.469 e. The average molecular weight is 680 g/mol. The van der Waals surface area contributed by atoms with Crippen molar-refractivity contribution in [3.8, 4) is 28.9 Å². The Morgan fingerprint density at radius 1 is 1.06 bits per heavy atom. The summed E-state index contributed by atoms with van der Waals surface area (Å²) in [7, 11) is 0. The molecule has 258 valence electrons. The summed E-state index contributed by atoms with van der Waals surface area (Å²) in [6.45, 7) is 11.1. The molecule has 3 aliphatic heterocycles. The Hall–Kier alpha value is -5.50. The Labute approximate surface area is 287 Å². The van der Waals surface area contributed by atoms with Crippen molar-refractivity contribution in [1.82, 2.24) is 30.7 Å². The van der Waals surface area contributed by atoms with E-state index in [9.17, 15) is 14.7 Å². The van der Waals surface area contributed by atoms with Crippen LogP contribution in [0.3, 0.4) is 0 Å². The molecule has 4 N–H and O–H groups in total. The van der Waals surface area contributed by atoms with Crippen LogP contribution in [0, 0.1) is 18.3 Å². The van der Waals surface area contributed by atoms with Gasteiger partial charge in [-0.15, -0.1) is 0 Å². The van der Waals surface area contributed by atoms with Crippen molar-refractivity contribution >= 4 is 17.5 Å². The molecule has 0 saturated heterocycles. The minimum Gasteiger partial charge on any atom is -0.469 e. The molecule has 2 aromatic carbocycles. The third-order valence-electron chi connectivity index (χ3n) is 9.57. The van der Waals surface area contributed by atoms with Gasteiger partial charge in [-0.25, -0.2) is 9.97 Å². The smallest absolute Gasteiger partial charge is 0.279 e. The van der Waals surface area contributed by atoms with Crippen molar-refractivity contribution in [3.63, 3.8) is 0 Å². The van der Waals surface area contributed by atoms with Crippen LogP contribution in [0.2, 0.25) is 0 Å². The molecule has 1 unspecified atom stereocenters. The molecule has 5 atom stereocenters. The zero-order chi connectivity index (χ0) is 35.1. The Balaban J connectivity index is 1.37. The van der Waals surface area contributed by atoms with Crippen LogP contribution in [0.1, 0.15) is 74.8 Å². The predicted molar refractivity (Wildman–Crippen MR) is 178 cm³/mol. The number of anilines is 1. The number of para-hydroxylation sites is 1. The second-order valence-electron chi connectivity index (χ2n) is 14.5. The van der Waals surface area contributed by atoms with E-state index in [0.29, 0.717) is 28.7 Å². The molecule has 0 fully saturated rings. The highest BCUT2D eigenvalue weighted by atomic mass is 16.5. The fraction of sp³-hybridized carbons (Fsp3) is 0.389. The van der Waals surface area contributed by atoms with Gasteiger partial charge in [-0.3, -0.25) is 9.59 Å². The number of hydrogen-bond donors (Lipinski definition) is 4. The number of oxazole rings is 2. The number of ether oxygens (including phenoxy) is 1. The van der Waals surface area contributed by atoms with Crippen LogP contribution in [0.5, 0.6) is 5.75 Å². The summed E-state index contributed by atoms with van der Waals surface area (Å²) in [6.07, 6.45) is -0.363. The van der Waals surface area contributed by atoms with Gasteiger partial charge in [0.1, 0.15) is 35.6 Å². The number of aromatic nitrogens is 4. The van der Waals surface area contributed by atoms with E-state index in [0.717, 1.165) is 22.4 Å². The zero-order valence-corrected chi connectivity index (χ0v) is 28.4.